The topological polar surface area (TPSA) is 74.8 Å². The van der Waals surface area contributed by atoms with E-state index in [4.69, 9.17) is 11.6 Å². The summed E-state index contributed by atoms with van der Waals surface area (Å²) in [5.74, 6) is -0.642. The maximum Gasteiger partial charge on any atom is 0.243 e. The van der Waals surface area contributed by atoms with Crippen LogP contribution in [-0.4, -0.2) is 53.6 Å². The van der Waals surface area contributed by atoms with Crippen molar-refractivity contribution in [2.45, 2.75) is 16.2 Å². The number of benzene rings is 2. The molecule has 3 rings (SSSR count). The van der Waals surface area contributed by atoms with Crippen molar-refractivity contribution in [2.75, 3.05) is 37.3 Å². The molecular formula is C18H20ClFN2O4S2. The number of anilines is 1. The molecule has 1 aliphatic heterocycles. The van der Waals surface area contributed by atoms with Crippen LogP contribution in [-0.2, 0) is 19.9 Å². The molecular weight excluding hydrogens is 427 g/mol. The van der Waals surface area contributed by atoms with E-state index in [9.17, 15) is 21.2 Å². The van der Waals surface area contributed by atoms with Crippen molar-refractivity contribution in [1.82, 2.24) is 4.31 Å². The van der Waals surface area contributed by atoms with E-state index in [0.717, 1.165) is 12.3 Å². The van der Waals surface area contributed by atoms with Crippen molar-refractivity contribution in [3.8, 4) is 0 Å². The zero-order chi connectivity index (χ0) is 20.5. The smallest absolute Gasteiger partial charge is 0.243 e. The van der Waals surface area contributed by atoms with Crippen LogP contribution in [0.5, 0.6) is 0 Å². The lowest BCUT2D eigenvalue weighted by molar-refractivity contribution is 0.433. The minimum atomic E-state index is -3.67. The van der Waals surface area contributed by atoms with Gasteiger partial charge in [-0.1, -0.05) is 11.6 Å². The van der Waals surface area contributed by atoms with Crippen molar-refractivity contribution in [3.63, 3.8) is 0 Å². The van der Waals surface area contributed by atoms with Crippen LogP contribution in [0.1, 0.15) is 6.42 Å². The minimum absolute atomic E-state index is 0.0875. The van der Waals surface area contributed by atoms with Crippen molar-refractivity contribution < 1.29 is 21.2 Å². The maximum atomic E-state index is 14.5. The molecule has 2 aromatic carbocycles. The standard InChI is InChI=1S/C18H20ClFN2O4S2/c1-27(23,24)16-7-8-18(17(20)13-16)21-9-2-10-22(12-11-21)28(25,26)15-5-3-14(19)4-6-15/h3-8,13H,2,9-12H2,1H3. The molecule has 0 aliphatic carbocycles. The second-order valence-corrected chi connectivity index (χ2v) is 11.0. The van der Waals surface area contributed by atoms with E-state index in [1.165, 1.54) is 40.7 Å². The predicted octanol–water partition coefficient (Wildman–Crippen LogP) is 2.78. The van der Waals surface area contributed by atoms with Gasteiger partial charge in [0.05, 0.1) is 15.5 Å². The molecule has 0 atom stereocenters. The summed E-state index contributed by atoms with van der Waals surface area (Å²) < 4.78 is 64.7. The van der Waals surface area contributed by atoms with Crippen LogP contribution in [0.4, 0.5) is 10.1 Å². The highest BCUT2D eigenvalue weighted by atomic mass is 35.5. The van der Waals surface area contributed by atoms with Gasteiger partial charge in [-0.25, -0.2) is 21.2 Å². The summed E-state index contributed by atoms with van der Waals surface area (Å²) in [7, 11) is -7.17. The van der Waals surface area contributed by atoms with Gasteiger partial charge < -0.3 is 4.90 Å². The van der Waals surface area contributed by atoms with E-state index in [0.29, 0.717) is 31.1 Å². The number of halogens is 2. The van der Waals surface area contributed by atoms with Crippen molar-refractivity contribution in [1.29, 1.82) is 0 Å². The van der Waals surface area contributed by atoms with Gasteiger partial charge in [0.1, 0.15) is 5.82 Å². The lowest BCUT2D eigenvalue weighted by Gasteiger charge is -2.24. The molecule has 1 fully saturated rings. The van der Waals surface area contributed by atoms with Crippen LogP contribution >= 0.6 is 11.6 Å². The Morgan fingerprint density at radius 1 is 0.893 bits per heavy atom. The molecule has 2 aromatic rings. The summed E-state index contributed by atoms with van der Waals surface area (Å²) in [6, 6.07) is 9.76. The monoisotopic (exact) mass is 446 g/mol. The minimum Gasteiger partial charge on any atom is -0.368 e. The fourth-order valence-corrected chi connectivity index (χ4v) is 5.33. The molecule has 1 heterocycles. The average Bonchev–Trinajstić information content (AvgIpc) is 2.88. The molecule has 6 nitrogen and oxygen atoms in total. The molecule has 0 N–H and O–H groups in total. The third kappa shape index (κ3) is 4.48. The van der Waals surface area contributed by atoms with Gasteiger partial charge in [-0.05, 0) is 48.9 Å². The fraction of sp³-hybridized carbons (Fsp3) is 0.333. The summed E-state index contributed by atoms with van der Waals surface area (Å²) in [5.41, 5.74) is 0.262. The van der Waals surface area contributed by atoms with E-state index < -0.39 is 25.7 Å². The van der Waals surface area contributed by atoms with E-state index in [1.54, 1.807) is 4.90 Å². The van der Waals surface area contributed by atoms with Crippen LogP contribution in [0.15, 0.2) is 52.3 Å². The van der Waals surface area contributed by atoms with Gasteiger partial charge >= 0.3 is 0 Å². The molecule has 1 saturated heterocycles. The summed E-state index contributed by atoms with van der Waals surface area (Å²) in [5, 5.41) is 0.453. The lowest BCUT2D eigenvalue weighted by atomic mass is 10.2. The maximum absolute atomic E-state index is 14.5. The zero-order valence-electron chi connectivity index (χ0n) is 15.2. The summed E-state index contributed by atoms with van der Waals surface area (Å²) >= 11 is 5.83. The van der Waals surface area contributed by atoms with Gasteiger partial charge in [0.15, 0.2) is 9.84 Å². The quantitative estimate of drug-likeness (QED) is 0.722. The summed E-state index contributed by atoms with van der Waals surface area (Å²) in [4.78, 5) is 1.81. The normalized spacial score (nSPS) is 16.8. The number of nitrogens with zero attached hydrogens (tertiary/aromatic N) is 2. The molecule has 0 unspecified atom stereocenters. The number of hydrogen-bond acceptors (Lipinski definition) is 5. The van der Waals surface area contributed by atoms with Gasteiger partial charge in [0.25, 0.3) is 0 Å². The van der Waals surface area contributed by atoms with Gasteiger partial charge in [-0.2, -0.15) is 4.31 Å². The molecule has 1 aliphatic rings. The van der Waals surface area contributed by atoms with Crippen molar-refractivity contribution in [2.24, 2.45) is 0 Å². The van der Waals surface area contributed by atoms with Crippen molar-refractivity contribution in [3.05, 3.63) is 53.3 Å². The second-order valence-electron chi connectivity index (χ2n) is 6.58. The van der Waals surface area contributed by atoms with Crippen LogP contribution in [0.2, 0.25) is 5.02 Å². The van der Waals surface area contributed by atoms with Gasteiger partial charge in [0.2, 0.25) is 10.0 Å². The first-order valence-corrected chi connectivity index (χ1v) is 12.3. The Kier molecular flexibility index (Phi) is 6.00. The Morgan fingerprint density at radius 3 is 2.14 bits per heavy atom. The number of hydrogen-bond donors (Lipinski definition) is 0. The van der Waals surface area contributed by atoms with Gasteiger partial charge in [-0.3, -0.25) is 0 Å². The Morgan fingerprint density at radius 2 is 1.54 bits per heavy atom. The Hall–Kier alpha value is -1.68. The van der Waals surface area contributed by atoms with E-state index in [1.807, 2.05) is 0 Å². The van der Waals surface area contributed by atoms with Crippen LogP contribution < -0.4 is 4.90 Å². The number of rotatable bonds is 4. The van der Waals surface area contributed by atoms with Crippen LogP contribution in [0.3, 0.4) is 0 Å². The average molecular weight is 447 g/mol. The Balaban J connectivity index is 1.79. The lowest BCUT2D eigenvalue weighted by Crippen LogP contribution is -2.35. The van der Waals surface area contributed by atoms with Crippen LogP contribution in [0.25, 0.3) is 0 Å². The van der Waals surface area contributed by atoms with E-state index in [-0.39, 0.29) is 22.0 Å². The molecule has 28 heavy (non-hydrogen) atoms. The van der Waals surface area contributed by atoms with Gasteiger partial charge in [0, 0.05) is 37.5 Å². The third-order valence-electron chi connectivity index (χ3n) is 4.59. The van der Waals surface area contributed by atoms with E-state index in [2.05, 4.69) is 0 Å². The first kappa shape index (κ1) is 21.0. The first-order valence-electron chi connectivity index (χ1n) is 8.59. The molecule has 0 radical (unpaired) electrons. The molecule has 10 heteroatoms. The highest BCUT2D eigenvalue weighted by molar-refractivity contribution is 7.90. The SMILES string of the molecule is CS(=O)(=O)c1ccc(N2CCCN(S(=O)(=O)c3ccc(Cl)cc3)CC2)c(F)c1. The molecule has 0 amide bonds. The Labute approximate surface area is 169 Å². The highest BCUT2D eigenvalue weighted by Crippen LogP contribution is 2.25. The molecule has 0 spiro atoms. The zero-order valence-corrected chi connectivity index (χ0v) is 17.6. The number of sulfone groups is 1. The fourth-order valence-electron chi connectivity index (χ4n) is 3.11. The largest absolute Gasteiger partial charge is 0.368 e. The van der Waals surface area contributed by atoms with E-state index >= 15 is 0 Å². The van der Waals surface area contributed by atoms with Gasteiger partial charge in [-0.15, -0.1) is 0 Å². The predicted molar refractivity (Wildman–Crippen MR) is 107 cm³/mol. The number of sulfonamides is 1. The molecule has 152 valence electrons. The second kappa shape index (κ2) is 7.98. The van der Waals surface area contributed by atoms with Crippen molar-refractivity contribution >= 4 is 37.1 Å². The first-order chi connectivity index (χ1) is 13.1. The third-order valence-corrected chi connectivity index (χ3v) is 7.87. The Bertz CT molecular complexity index is 1070. The molecule has 0 aromatic heterocycles. The summed E-state index contributed by atoms with van der Waals surface area (Å²) in [6.07, 6.45) is 1.53. The van der Waals surface area contributed by atoms with Crippen LogP contribution in [0, 0.1) is 5.82 Å². The molecule has 0 saturated carbocycles. The molecule has 0 bridgehead atoms. The highest BCUT2D eigenvalue weighted by Gasteiger charge is 2.27. The summed E-state index contributed by atoms with van der Waals surface area (Å²) in [6.45, 7) is 1.26.